The van der Waals surface area contributed by atoms with Crippen molar-refractivity contribution in [3.05, 3.63) is 15.9 Å². The van der Waals surface area contributed by atoms with E-state index in [0.717, 1.165) is 16.6 Å². The fourth-order valence-corrected chi connectivity index (χ4v) is 4.62. The lowest BCUT2D eigenvalue weighted by atomic mass is 9.74. The summed E-state index contributed by atoms with van der Waals surface area (Å²) in [6.07, 6.45) is 6.04. The van der Waals surface area contributed by atoms with E-state index in [1.807, 2.05) is 18.7 Å². The van der Waals surface area contributed by atoms with Gasteiger partial charge in [0.15, 0.2) is 0 Å². The maximum absolute atomic E-state index is 6.34. The number of hydrogen-bond donors (Lipinski definition) is 0. The Balaban J connectivity index is 2.29. The molecule has 1 heterocycles. The van der Waals surface area contributed by atoms with Gasteiger partial charge in [0.25, 0.3) is 0 Å². The predicted molar refractivity (Wildman–Crippen MR) is 85.2 cm³/mol. The van der Waals surface area contributed by atoms with Gasteiger partial charge in [0.1, 0.15) is 0 Å². The average molecular weight is 368 g/mol. The van der Waals surface area contributed by atoms with Gasteiger partial charge < -0.3 is 0 Å². The molecule has 2 nitrogen and oxygen atoms in total. The van der Waals surface area contributed by atoms with Crippen LogP contribution in [0.2, 0.25) is 0 Å². The molecule has 1 aliphatic carbocycles. The zero-order valence-electron chi connectivity index (χ0n) is 11.6. The zero-order valence-corrected chi connectivity index (χ0v) is 14.7. The second-order valence-electron chi connectivity index (χ2n) is 5.76. The van der Waals surface area contributed by atoms with Gasteiger partial charge in [0.05, 0.1) is 15.9 Å². The molecule has 0 amide bonds. The maximum Gasteiger partial charge on any atom is 0.0738 e. The standard InChI is InChI=1S/C14H21BrCl2N2/c1-10-13(15)12(19(2)18-10)7-14(8-16,9-17)11-5-3-4-6-11/h11H,3-9H2,1-2H3. The van der Waals surface area contributed by atoms with Crippen molar-refractivity contribution in [2.45, 2.75) is 39.0 Å². The molecule has 2 rings (SSSR count). The Morgan fingerprint density at radius 1 is 1.32 bits per heavy atom. The molecule has 0 unspecified atom stereocenters. The summed E-state index contributed by atoms with van der Waals surface area (Å²) in [4.78, 5) is 0. The number of aryl methyl sites for hydroxylation is 2. The molecule has 1 fully saturated rings. The number of nitrogens with zero attached hydrogens (tertiary/aromatic N) is 2. The minimum Gasteiger partial charge on any atom is -0.271 e. The van der Waals surface area contributed by atoms with Gasteiger partial charge in [-0.2, -0.15) is 5.10 Å². The molecule has 0 spiro atoms. The summed E-state index contributed by atoms with van der Waals surface area (Å²) in [5.74, 6) is 1.89. The molecular weight excluding hydrogens is 347 g/mol. The highest BCUT2D eigenvalue weighted by atomic mass is 79.9. The van der Waals surface area contributed by atoms with Gasteiger partial charge in [0, 0.05) is 24.2 Å². The molecule has 19 heavy (non-hydrogen) atoms. The highest BCUT2D eigenvalue weighted by molar-refractivity contribution is 9.10. The van der Waals surface area contributed by atoms with Crippen LogP contribution in [0.1, 0.15) is 37.1 Å². The van der Waals surface area contributed by atoms with E-state index in [1.165, 1.54) is 31.4 Å². The molecule has 0 aromatic carbocycles. The van der Waals surface area contributed by atoms with Crippen molar-refractivity contribution in [2.24, 2.45) is 18.4 Å². The van der Waals surface area contributed by atoms with Gasteiger partial charge in [-0.3, -0.25) is 4.68 Å². The summed E-state index contributed by atoms with van der Waals surface area (Å²) in [7, 11) is 2.00. The van der Waals surface area contributed by atoms with Crippen molar-refractivity contribution in [3.63, 3.8) is 0 Å². The summed E-state index contributed by atoms with van der Waals surface area (Å²) in [5.41, 5.74) is 2.25. The van der Waals surface area contributed by atoms with Crippen LogP contribution in [-0.2, 0) is 13.5 Å². The van der Waals surface area contributed by atoms with Gasteiger partial charge >= 0.3 is 0 Å². The normalized spacial score (nSPS) is 17.3. The summed E-state index contributed by atoms with van der Waals surface area (Å²) >= 11 is 16.3. The Morgan fingerprint density at radius 2 is 1.89 bits per heavy atom. The molecule has 1 aromatic heterocycles. The summed E-state index contributed by atoms with van der Waals surface area (Å²) < 4.78 is 3.06. The van der Waals surface area contributed by atoms with Gasteiger partial charge in [-0.25, -0.2) is 0 Å². The maximum atomic E-state index is 6.34. The molecule has 5 heteroatoms. The first-order valence-corrected chi connectivity index (χ1v) is 8.70. The monoisotopic (exact) mass is 366 g/mol. The smallest absolute Gasteiger partial charge is 0.0738 e. The van der Waals surface area contributed by atoms with Crippen LogP contribution in [0.25, 0.3) is 0 Å². The van der Waals surface area contributed by atoms with E-state index in [4.69, 9.17) is 23.2 Å². The van der Waals surface area contributed by atoms with Crippen molar-refractivity contribution in [3.8, 4) is 0 Å². The van der Waals surface area contributed by atoms with Crippen molar-refractivity contribution >= 4 is 39.1 Å². The molecule has 1 aliphatic rings. The first-order chi connectivity index (χ1) is 9.04. The van der Waals surface area contributed by atoms with Gasteiger partial charge in [-0.1, -0.05) is 12.8 Å². The van der Waals surface area contributed by atoms with Gasteiger partial charge in [0.2, 0.25) is 0 Å². The number of hydrogen-bond acceptors (Lipinski definition) is 1. The summed E-state index contributed by atoms with van der Waals surface area (Å²) in [5, 5.41) is 4.47. The molecule has 1 aromatic rings. The lowest BCUT2D eigenvalue weighted by Crippen LogP contribution is -2.36. The Morgan fingerprint density at radius 3 is 2.32 bits per heavy atom. The molecule has 0 aliphatic heterocycles. The predicted octanol–water partition coefficient (Wildman–Crippen LogP) is 4.69. The third-order valence-corrected chi connectivity index (χ3v) is 6.63. The minimum atomic E-state index is 0.00235. The van der Waals surface area contributed by atoms with E-state index in [0.29, 0.717) is 17.7 Å². The van der Waals surface area contributed by atoms with E-state index in [1.54, 1.807) is 0 Å². The summed E-state index contributed by atoms with van der Waals surface area (Å²) in [6, 6.07) is 0. The number of aromatic nitrogens is 2. The van der Waals surface area contributed by atoms with Crippen LogP contribution >= 0.6 is 39.1 Å². The molecular formula is C14H21BrCl2N2. The van der Waals surface area contributed by atoms with Crippen molar-refractivity contribution in [1.82, 2.24) is 9.78 Å². The minimum absolute atomic E-state index is 0.00235. The number of alkyl halides is 2. The Hall–Kier alpha value is 0.270. The van der Waals surface area contributed by atoms with Crippen LogP contribution in [-0.4, -0.2) is 21.5 Å². The molecule has 0 saturated heterocycles. The highest BCUT2D eigenvalue weighted by Crippen LogP contribution is 2.45. The van der Waals surface area contributed by atoms with E-state index in [9.17, 15) is 0 Å². The van der Waals surface area contributed by atoms with Crippen LogP contribution in [0.4, 0.5) is 0 Å². The van der Waals surface area contributed by atoms with Crippen molar-refractivity contribution in [2.75, 3.05) is 11.8 Å². The molecule has 0 radical (unpaired) electrons. The van der Waals surface area contributed by atoms with Crippen LogP contribution in [0.15, 0.2) is 4.47 Å². The summed E-state index contributed by atoms with van der Waals surface area (Å²) in [6.45, 7) is 2.02. The first-order valence-electron chi connectivity index (χ1n) is 6.84. The molecule has 1 saturated carbocycles. The van der Waals surface area contributed by atoms with E-state index < -0.39 is 0 Å². The second-order valence-corrected chi connectivity index (χ2v) is 7.09. The third-order valence-electron chi connectivity index (χ3n) is 4.53. The average Bonchev–Trinajstić information content (AvgIpc) is 3.00. The van der Waals surface area contributed by atoms with Gasteiger partial charge in [-0.05, 0) is 48.0 Å². The SMILES string of the molecule is Cc1nn(C)c(CC(CCl)(CCl)C2CCCC2)c1Br. The molecule has 0 N–H and O–H groups in total. The van der Waals surface area contributed by atoms with Crippen LogP contribution in [0, 0.1) is 18.3 Å². The molecule has 108 valence electrons. The lowest BCUT2D eigenvalue weighted by molar-refractivity contribution is 0.220. The highest BCUT2D eigenvalue weighted by Gasteiger charge is 2.40. The van der Waals surface area contributed by atoms with Crippen molar-refractivity contribution < 1.29 is 0 Å². The first kappa shape index (κ1) is 15.7. The second kappa shape index (κ2) is 6.36. The topological polar surface area (TPSA) is 17.8 Å². The van der Waals surface area contributed by atoms with E-state index in [-0.39, 0.29) is 5.41 Å². The van der Waals surface area contributed by atoms with Crippen molar-refractivity contribution in [1.29, 1.82) is 0 Å². The van der Waals surface area contributed by atoms with Gasteiger partial charge in [-0.15, -0.1) is 23.2 Å². The van der Waals surface area contributed by atoms with Crippen LogP contribution in [0.5, 0.6) is 0 Å². The van der Waals surface area contributed by atoms with Crippen LogP contribution in [0.3, 0.4) is 0 Å². The Labute approximate surface area is 134 Å². The fourth-order valence-electron chi connectivity index (χ4n) is 3.24. The molecule has 0 atom stereocenters. The quantitative estimate of drug-likeness (QED) is 0.690. The fraction of sp³-hybridized carbons (Fsp3) is 0.786. The zero-order chi connectivity index (χ0) is 14.0. The Kier molecular flexibility index (Phi) is 5.24. The number of rotatable bonds is 5. The third kappa shape index (κ3) is 2.98. The number of halogens is 3. The van der Waals surface area contributed by atoms with E-state index in [2.05, 4.69) is 21.0 Å². The lowest BCUT2D eigenvalue weighted by Gasteiger charge is -2.36. The van der Waals surface area contributed by atoms with E-state index >= 15 is 0 Å². The molecule has 0 bridgehead atoms. The van der Waals surface area contributed by atoms with Crippen LogP contribution < -0.4 is 0 Å². The largest absolute Gasteiger partial charge is 0.271 e. The Bertz CT molecular complexity index is 435.